The Hall–Kier alpha value is -5.57. The Balaban J connectivity index is 1.56. The number of carbonyl (C=O) groups is 3. The van der Waals surface area contributed by atoms with Crippen LogP contribution in [0, 0.1) is 5.41 Å². The third-order valence-electron chi connectivity index (χ3n) is 8.47. The number of primary amides is 1. The number of likely N-dealkylation sites (N-methyl/N-ethyl adjacent to an activating group) is 1. The molecule has 3 atom stereocenters. The first kappa shape index (κ1) is 39.2. The van der Waals surface area contributed by atoms with E-state index in [2.05, 4.69) is 10.6 Å². The predicted molar refractivity (Wildman–Crippen MR) is 198 cm³/mol. The van der Waals surface area contributed by atoms with Crippen molar-refractivity contribution in [2.24, 2.45) is 17.2 Å². The third kappa shape index (κ3) is 10.7. The van der Waals surface area contributed by atoms with Crippen LogP contribution in [0.5, 0.6) is 5.75 Å². The summed E-state index contributed by atoms with van der Waals surface area (Å²) in [5.41, 5.74) is 19.5. The highest BCUT2D eigenvalue weighted by atomic mass is 32.2. The molecule has 3 amide bonds. The highest BCUT2D eigenvalue weighted by Gasteiger charge is 2.35. The highest BCUT2D eigenvalue weighted by molar-refractivity contribution is 7.89. The smallest absolute Gasteiger partial charge is 0.244 e. The minimum atomic E-state index is -4.16. The molecule has 0 aliphatic heterocycles. The Labute approximate surface area is 304 Å². The lowest BCUT2D eigenvalue weighted by atomic mass is 10.0. The van der Waals surface area contributed by atoms with Crippen molar-refractivity contribution in [3.63, 3.8) is 0 Å². The molecule has 4 rings (SSSR count). The second kappa shape index (κ2) is 18.6. The number of nitrogen functional groups attached to an aromatic ring is 1. The van der Waals surface area contributed by atoms with E-state index in [9.17, 15) is 22.8 Å². The molecule has 14 heteroatoms. The SMILES string of the molecule is CN([C@@H](Cc1ccc(C(=N)N)cc1)C(=O)N[C@@H](CCCCN)C(=O)N[C@@H](C(N)=O)c1ccc(OCc2ccccc2)cc1)S(=O)(=O)c1ccccc1. The van der Waals surface area contributed by atoms with E-state index in [1.807, 2.05) is 30.3 Å². The van der Waals surface area contributed by atoms with Gasteiger partial charge in [-0.05, 0) is 73.2 Å². The van der Waals surface area contributed by atoms with E-state index in [1.54, 1.807) is 66.7 Å². The molecule has 0 unspecified atom stereocenters. The van der Waals surface area contributed by atoms with Crippen molar-refractivity contribution in [1.29, 1.82) is 5.41 Å². The van der Waals surface area contributed by atoms with Crippen LogP contribution in [0.3, 0.4) is 0 Å². The number of amides is 3. The lowest BCUT2D eigenvalue weighted by Gasteiger charge is -2.29. The lowest BCUT2D eigenvalue weighted by molar-refractivity contribution is -0.132. The maximum atomic E-state index is 14.1. The Bertz CT molecular complexity index is 1910. The molecule has 4 aromatic carbocycles. The number of carbonyl (C=O) groups excluding carboxylic acids is 3. The third-order valence-corrected chi connectivity index (χ3v) is 10.3. The van der Waals surface area contributed by atoms with Crippen LogP contribution in [0.25, 0.3) is 0 Å². The molecule has 9 N–H and O–H groups in total. The summed E-state index contributed by atoms with van der Waals surface area (Å²) in [6.07, 6.45) is 1.10. The fourth-order valence-electron chi connectivity index (χ4n) is 5.44. The normalized spacial score (nSPS) is 13.1. The standard InChI is InChI=1S/C38H45N7O6S/c1-45(52(49,50)31-12-6-3-7-13-31)33(24-26-15-17-29(18-16-26)35(40)41)38(48)43-32(14-8-9-23-39)37(47)44-34(36(42)46)28-19-21-30(22-20-28)51-25-27-10-4-2-5-11-27/h2-7,10-13,15-22,32-34H,8-9,14,23-25,39H2,1H3,(H3,40,41)(H2,42,46)(H,43,48)(H,44,47)/t32-,33-,34+/m0/s1. The summed E-state index contributed by atoms with van der Waals surface area (Å²) in [6, 6.07) is 26.7. The van der Waals surface area contributed by atoms with Crippen molar-refractivity contribution >= 4 is 33.6 Å². The van der Waals surface area contributed by atoms with Crippen LogP contribution < -0.4 is 32.6 Å². The minimum absolute atomic E-state index is 0.0137. The molecule has 0 aliphatic carbocycles. The van der Waals surface area contributed by atoms with Gasteiger partial charge in [0.1, 0.15) is 36.3 Å². The first-order valence-electron chi connectivity index (χ1n) is 16.7. The maximum absolute atomic E-state index is 14.1. The molecule has 0 saturated carbocycles. The molecule has 0 saturated heterocycles. The Morgan fingerprint density at radius 2 is 1.40 bits per heavy atom. The van der Waals surface area contributed by atoms with Gasteiger partial charge in [-0.1, -0.05) is 84.9 Å². The molecule has 0 aromatic heterocycles. The monoisotopic (exact) mass is 727 g/mol. The first-order valence-corrected chi connectivity index (χ1v) is 18.2. The van der Waals surface area contributed by atoms with Gasteiger partial charge in [-0.15, -0.1) is 0 Å². The number of nitrogens with one attached hydrogen (secondary N) is 3. The Morgan fingerprint density at radius 3 is 1.98 bits per heavy atom. The van der Waals surface area contributed by atoms with Crippen molar-refractivity contribution in [2.45, 2.75) is 55.3 Å². The fourth-order valence-corrected chi connectivity index (χ4v) is 6.78. The van der Waals surface area contributed by atoms with Gasteiger partial charge in [0.25, 0.3) is 0 Å². The predicted octanol–water partition coefficient (Wildman–Crippen LogP) is 2.74. The van der Waals surface area contributed by atoms with Gasteiger partial charge < -0.3 is 32.6 Å². The topological polar surface area (TPSA) is 224 Å². The van der Waals surface area contributed by atoms with Crippen LogP contribution in [-0.4, -0.2) is 62.0 Å². The van der Waals surface area contributed by atoms with Gasteiger partial charge in [-0.3, -0.25) is 19.8 Å². The molecule has 0 aliphatic rings. The summed E-state index contributed by atoms with van der Waals surface area (Å²) >= 11 is 0. The number of rotatable bonds is 19. The molecular weight excluding hydrogens is 683 g/mol. The first-order chi connectivity index (χ1) is 24.9. The van der Waals surface area contributed by atoms with Crippen molar-refractivity contribution in [3.05, 3.63) is 131 Å². The molecule has 0 radical (unpaired) electrons. The molecule has 0 fully saturated rings. The molecule has 0 heterocycles. The molecule has 0 spiro atoms. The van der Waals surface area contributed by atoms with Crippen LogP contribution in [0.15, 0.2) is 114 Å². The van der Waals surface area contributed by atoms with Crippen molar-refractivity contribution in [2.75, 3.05) is 13.6 Å². The number of nitrogens with zero attached hydrogens (tertiary/aromatic N) is 1. The zero-order valence-electron chi connectivity index (χ0n) is 28.9. The van der Waals surface area contributed by atoms with Gasteiger partial charge in [0, 0.05) is 12.6 Å². The molecule has 0 bridgehead atoms. The van der Waals surface area contributed by atoms with Gasteiger partial charge in [0.15, 0.2) is 0 Å². The minimum Gasteiger partial charge on any atom is -0.489 e. The van der Waals surface area contributed by atoms with E-state index in [4.69, 9.17) is 27.3 Å². The van der Waals surface area contributed by atoms with Gasteiger partial charge >= 0.3 is 0 Å². The molecule has 52 heavy (non-hydrogen) atoms. The number of benzene rings is 4. The van der Waals surface area contributed by atoms with E-state index in [1.165, 1.54) is 19.2 Å². The van der Waals surface area contributed by atoms with Crippen LogP contribution in [0.2, 0.25) is 0 Å². The highest BCUT2D eigenvalue weighted by Crippen LogP contribution is 2.22. The van der Waals surface area contributed by atoms with Crippen LogP contribution in [0.4, 0.5) is 0 Å². The van der Waals surface area contributed by atoms with E-state index in [-0.39, 0.29) is 23.6 Å². The van der Waals surface area contributed by atoms with E-state index >= 15 is 0 Å². The Kier molecular flexibility index (Phi) is 14.0. The van der Waals surface area contributed by atoms with Gasteiger partial charge in [0.2, 0.25) is 27.7 Å². The number of hydrogen-bond donors (Lipinski definition) is 6. The second-order valence-corrected chi connectivity index (χ2v) is 14.2. The van der Waals surface area contributed by atoms with Gasteiger partial charge in [-0.25, -0.2) is 8.42 Å². The zero-order valence-corrected chi connectivity index (χ0v) is 29.7. The summed E-state index contributed by atoms with van der Waals surface area (Å²) in [6.45, 7) is 0.689. The number of unbranched alkanes of at least 4 members (excludes halogenated alkanes) is 1. The summed E-state index contributed by atoms with van der Waals surface area (Å²) < 4.78 is 34.2. The van der Waals surface area contributed by atoms with Gasteiger partial charge in [0.05, 0.1) is 4.90 Å². The summed E-state index contributed by atoms with van der Waals surface area (Å²) in [4.78, 5) is 40.5. The van der Waals surface area contributed by atoms with Crippen molar-refractivity contribution < 1.29 is 27.5 Å². The summed E-state index contributed by atoms with van der Waals surface area (Å²) in [5, 5.41) is 13.1. The second-order valence-electron chi connectivity index (χ2n) is 12.2. The number of amidine groups is 1. The largest absolute Gasteiger partial charge is 0.489 e. The number of sulfonamides is 1. The summed E-state index contributed by atoms with van der Waals surface area (Å²) in [5.74, 6) is -1.83. The van der Waals surface area contributed by atoms with Crippen molar-refractivity contribution in [1.82, 2.24) is 14.9 Å². The van der Waals surface area contributed by atoms with Crippen LogP contribution >= 0.6 is 0 Å². The average molecular weight is 728 g/mol. The quantitative estimate of drug-likeness (QED) is 0.0478. The Morgan fingerprint density at radius 1 is 0.788 bits per heavy atom. The molecule has 4 aromatic rings. The van der Waals surface area contributed by atoms with Crippen LogP contribution in [0.1, 0.15) is 47.6 Å². The number of nitrogens with two attached hydrogens (primary N) is 3. The van der Waals surface area contributed by atoms with Crippen molar-refractivity contribution in [3.8, 4) is 5.75 Å². The molecule has 274 valence electrons. The van der Waals surface area contributed by atoms with E-state index in [0.717, 1.165) is 9.87 Å². The summed E-state index contributed by atoms with van der Waals surface area (Å²) in [7, 11) is -2.86. The lowest BCUT2D eigenvalue weighted by Crippen LogP contribution is -2.55. The maximum Gasteiger partial charge on any atom is 0.244 e. The number of hydrogen-bond acceptors (Lipinski definition) is 8. The average Bonchev–Trinajstić information content (AvgIpc) is 3.15. The zero-order chi connectivity index (χ0) is 37.7. The van der Waals surface area contributed by atoms with E-state index < -0.39 is 45.9 Å². The number of ether oxygens (including phenoxy) is 1. The van der Waals surface area contributed by atoms with Gasteiger partial charge in [-0.2, -0.15) is 4.31 Å². The fraction of sp³-hybridized carbons (Fsp3) is 0.263. The van der Waals surface area contributed by atoms with Crippen LogP contribution in [-0.2, 0) is 37.4 Å². The molecular formula is C38H45N7O6S. The molecule has 13 nitrogen and oxygen atoms in total. The van der Waals surface area contributed by atoms with E-state index in [0.29, 0.717) is 48.4 Å².